The van der Waals surface area contributed by atoms with E-state index in [1.54, 1.807) is 25.3 Å². The van der Waals surface area contributed by atoms with Crippen molar-refractivity contribution in [2.24, 2.45) is 0 Å². The number of methoxy groups -OCH3 is 1. The molecular formula is C14H20O4S. The lowest BCUT2D eigenvalue weighted by atomic mass is 10.0. The Hall–Kier alpha value is -1.04. The zero-order valence-electron chi connectivity index (χ0n) is 11.4. The Morgan fingerprint density at radius 3 is 2.63 bits per heavy atom. The minimum atomic E-state index is -0.947. The third kappa shape index (κ3) is 4.86. The van der Waals surface area contributed by atoms with Crippen LogP contribution in [0.3, 0.4) is 0 Å². The zero-order valence-corrected chi connectivity index (χ0v) is 12.2. The van der Waals surface area contributed by atoms with Crippen LogP contribution in [0.5, 0.6) is 5.75 Å². The van der Waals surface area contributed by atoms with Gasteiger partial charge in [0.1, 0.15) is 11.9 Å². The maximum atomic E-state index is 10.8. The van der Waals surface area contributed by atoms with Gasteiger partial charge in [0.05, 0.1) is 13.2 Å². The first-order chi connectivity index (χ1) is 8.95. The first-order valence-corrected chi connectivity index (χ1v) is 7.08. The van der Waals surface area contributed by atoms with Crippen molar-refractivity contribution < 1.29 is 19.7 Å². The van der Waals surface area contributed by atoms with Crippen molar-refractivity contribution in [1.82, 2.24) is 0 Å². The van der Waals surface area contributed by atoms with Crippen molar-refractivity contribution in [1.29, 1.82) is 0 Å². The van der Waals surface area contributed by atoms with Crippen LogP contribution < -0.4 is 4.74 Å². The number of hydrogen-bond acceptors (Lipinski definition) is 5. The number of ether oxygens (including phenoxy) is 1. The highest BCUT2D eigenvalue weighted by molar-refractivity contribution is 8.13. The number of rotatable bonds is 6. The highest BCUT2D eigenvalue weighted by atomic mass is 32.2. The highest BCUT2D eigenvalue weighted by Gasteiger charge is 2.19. The van der Waals surface area contributed by atoms with Gasteiger partial charge in [-0.1, -0.05) is 17.8 Å². The Morgan fingerprint density at radius 1 is 1.42 bits per heavy atom. The number of aryl methyl sites for hydroxylation is 1. The van der Waals surface area contributed by atoms with E-state index in [1.165, 1.54) is 6.92 Å². The second kappa shape index (κ2) is 7.53. The number of carbonyl (C=O) groups is 1. The highest BCUT2D eigenvalue weighted by Crippen LogP contribution is 2.25. The number of aliphatic hydroxyl groups is 2. The van der Waals surface area contributed by atoms with E-state index in [1.807, 2.05) is 6.92 Å². The molecule has 0 spiro atoms. The summed E-state index contributed by atoms with van der Waals surface area (Å²) >= 11 is 1.15. The molecule has 0 heterocycles. The van der Waals surface area contributed by atoms with Crippen molar-refractivity contribution in [3.63, 3.8) is 0 Å². The molecule has 106 valence electrons. The van der Waals surface area contributed by atoms with E-state index in [4.69, 9.17) is 4.74 Å². The van der Waals surface area contributed by atoms with Crippen LogP contribution in [-0.4, -0.2) is 34.3 Å². The number of aliphatic hydroxyl groups excluding tert-OH is 2. The van der Waals surface area contributed by atoms with Gasteiger partial charge in [-0.25, -0.2) is 0 Å². The molecule has 0 saturated heterocycles. The molecule has 1 aromatic carbocycles. The summed E-state index contributed by atoms with van der Waals surface area (Å²) in [6, 6.07) is 5.30. The summed E-state index contributed by atoms with van der Waals surface area (Å²) in [6.45, 7) is 3.37. The second-order valence-electron chi connectivity index (χ2n) is 4.37. The molecule has 0 aliphatic rings. The molecule has 19 heavy (non-hydrogen) atoms. The molecule has 0 fully saturated rings. The molecule has 4 nitrogen and oxygen atoms in total. The minimum Gasteiger partial charge on any atom is -0.496 e. The van der Waals surface area contributed by atoms with Crippen LogP contribution in [0.4, 0.5) is 0 Å². The van der Waals surface area contributed by atoms with E-state index < -0.39 is 12.2 Å². The Kier molecular flexibility index (Phi) is 6.34. The Bertz CT molecular complexity index is 433. The summed E-state index contributed by atoms with van der Waals surface area (Å²) in [7, 11) is 1.59. The van der Waals surface area contributed by atoms with Crippen LogP contribution in [0.25, 0.3) is 0 Å². The molecule has 5 heteroatoms. The average molecular weight is 284 g/mol. The Labute approximate surface area is 117 Å². The second-order valence-corrected chi connectivity index (χ2v) is 5.64. The molecule has 1 aromatic rings. The molecular weight excluding hydrogens is 264 g/mol. The van der Waals surface area contributed by atoms with Gasteiger partial charge in [0, 0.05) is 12.7 Å². The predicted octanol–water partition coefficient (Wildman–Crippen LogP) is 2.07. The normalized spacial score (nSPS) is 13.9. The van der Waals surface area contributed by atoms with Gasteiger partial charge in [-0.3, -0.25) is 4.79 Å². The summed E-state index contributed by atoms with van der Waals surface area (Å²) in [4.78, 5) is 10.8. The number of carbonyl (C=O) groups excluding carboxylic acids is 1. The molecule has 0 radical (unpaired) electrons. The molecule has 0 aliphatic carbocycles. The summed E-state index contributed by atoms with van der Waals surface area (Å²) in [5.41, 5.74) is 1.56. The van der Waals surface area contributed by atoms with Crippen molar-refractivity contribution in [3.05, 3.63) is 29.3 Å². The van der Waals surface area contributed by atoms with Gasteiger partial charge in [0.2, 0.25) is 0 Å². The van der Waals surface area contributed by atoms with E-state index in [2.05, 4.69) is 0 Å². The quantitative estimate of drug-likeness (QED) is 0.837. The fourth-order valence-corrected chi connectivity index (χ4v) is 2.44. The van der Waals surface area contributed by atoms with E-state index in [-0.39, 0.29) is 5.12 Å². The minimum absolute atomic E-state index is 0.0157. The first kappa shape index (κ1) is 16.0. The average Bonchev–Trinajstić information content (AvgIpc) is 2.37. The van der Waals surface area contributed by atoms with Gasteiger partial charge in [0.15, 0.2) is 5.12 Å². The van der Waals surface area contributed by atoms with Gasteiger partial charge in [0.25, 0.3) is 0 Å². The molecule has 0 bridgehead atoms. The molecule has 2 unspecified atom stereocenters. The number of benzene rings is 1. The molecule has 2 atom stereocenters. The topological polar surface area (TPSA) is 66.8 Å². The molecule has 0 aliphatic heterocycles. The van der Waals surface area contributed by atoms with E-state index >= 15 is 0 Å². The standard InChI is InChI=1S/C14H20O4S/c1-9-8-11(4-5-13(9)18-3)14(17)12(16)6-7-19-10(2)15/h4-5,8,12,14,16-17H,6-7H2,1-3H3. The lowest BCUT2D eigenvalue weighted by Gasteiger charge is -2.18. The fourth-order valence-electron chi connectivity index (χ4n) is 1.79. The zero-order chi connectivity index (χ0) is 14.4. The summed E-state index contributed by atoms with van der Waals surface area (Å²) in [5, 5.41) is 20.0. The van der Waals surface area contributed by atoms with Gasteiger partial charge in [-0.2, -0.15) is 0 Å². The van der Waals surface area contributed by atoms with Crippen LogP contribution in [0.15, 0.2) is 18.2 Å². The van der Waals surface area contributed by atoms with E-state index in [9.17, 15) is 15.0 Å². The smallest absolute Gasteiger partial charge is 0.185 e. The van der Waals surface area contributed by atoms with Crippen molar-refractivity contribution in [3.8, 4) is 5.75 Å². The van der Waals surface area contributed by atoms with Crippen LogP contribution in [-0.2, 0) is 4.79 Å². The van der Waals surface area contributed by atoms with Gasteiger partial charge in [-0.05, 0) is 36.6 Å². The summed E-state index contributed by atoms with van der Waals surface area (Å²) in [6.07, 6.45) is -1.45. The predicted molar refractivity (Wildman–Crippen MR) is 76.5 cm³/mol. The maximum Gasteiger partial charge on any atom is 0.185 e. The van der Waals surface area contributed by atoms with Crippen LogP contribution in [0, 0.1) is 6.92 Å². The van der Waals surface area contributed by atoms with E-state index in [0.29, 0.717) is 17.7 Å². The number of thioether (sulfide) groups is 1. The third-order valence-corrected chi connectivity index (χ3v) is 3.69. The van der Waals surface area contributed by atoms with Crippen molar-refractivity contribution in [2.45, 2.75) is 32.5 Å². The lowest BCUT2D eigenvalue weighted by Crippen LogP contribution is -2.19. The summed E-state index contributed by atoms with van der Waals surface area (Å²) < 4.78 is 5.15. The third-order valence-electron chi connectivity index (χ3n) is 2.84. The van der Waals surface area contributed by atoms with E-state index in [0.717, 1.165) is 23.1 Å². The Morgan fingerprint density at radius 2 is 2.11 bits per heavy atom. The van der Waals surface area contributed by atoms with Crippen molar-refractivity contribution >= 4 is 16.9 Å². The molecule has 0 saturated carbocycles. The van der Waals surface area contributed by atoms with Gasteiger partial charge < -0.3 is 14.9 Å². The first-order valence-electron chi connectivity index (χ1n) is 6.09. The van der Waals surface area contributed by atoms with Crippen LogP contribution in [0.2, 0.25) is 0 Å². The Balaban J connectivity index is 2.63. The van der Waals surface area contributed by atoms with Gasteiger partial charge in [-0.15, -0.1) is 0 Å². The number of hydrogen-bond donors (Lipinski definition) is 2. The van der Waals surface area contributed by atoms with Gasteiger partial charge >= 0.3 is 0 Å². The summed E-state index contributed by atoms with van der Waals surface area (Å²) in [5.74, 6) is 1.25. The van der Waals surface area contributed by atoms with Crippen molar-refractivity contribution in [2.75, 3.05) is 12.9 Å². The lowest BCUT2D eigenvalue weighted by molar-refractivity contribution is -0.109. The molecule has 0 amide bonds. The maximum absolute atomic E-state index is 10.8. The largest absolute Gasteiger partial charge is 0.496 e. The molecule has 0 aromatic heterocycles. The van der Waals surface area contributed by atoms with Crippen LogP contribution >= 0.6 is 11.8 Å². The monoisotopic (exact) mass is 284 g/mol. The molecule has 1 rings (SSSR count). The van der Waals surface area contributed by atoms with Crippen LogP contribution in [0.1, 0.15) is 30.6 Å². The SMILES string of the molecule is COc1ccc(C(O)C(O)CCSC(C)=O)cc1C. The fraction of sp³-hybridized carbons (Fsp3) is 0.500. The molecule has 2 N–H and O–H groups in total.